The standard InChI is InChI=1S/C23H28N4/c1-3-26(17-5-15-24)22-11-7-20(8-12-22)19-21-9-13-23(14-10-21)27(4-2)18-6-16-25/h7-14H,3-6,17-19H2,1-2H3. The third kappa shape index (κ3) is 6.04. The Morgan fingerprint density at radius 3 is 1.33 bits per heavy atom. The summed E-state index contributed by atoms with van der Waals surface area (Å²) < 4.78 is 0. The van der Waals surface area contributed by atoms with Gasteiger partial charge in [-0.1, -0.05) is 24.3 Å². The molecule has 2 rings (SSSR count). The molecule has 0 saturated heterocycles. The lowest BCUT2D eigenvalue weighted by Gasteiger charge is -2.22. The van der Waals surface area contributed by atoms with Gasteiger partial charge in [0.2, 0.25) is 0 Å². The van der Waals surface area contributed by atoms with Gasteiger partial charge in [-0.3, -0.25) is 0 Å². The third-order valence-corrected chi connectivity index (χ3v) is 4.76. The van der Waals surface area contributed by atoms with Crippen molar-refractivity contribution >= 4 is 11.4 Å². The van der Waals surface area contributed by atoms with Gasteiger partial charge in [0, 0.05) is 37.6 Å². The Morgan fingerprint density at radius 2 is 1.04 bits per heavy atom. The molecular weight excluding hydrogens is 332 g/mol. The van der Waals surface area contributed by atoms with Gasteiger partial charge in [-0.05, 0) is 55.7 Å². The van der Waals surface area contributed by atoms with Gasteiger partial charge in [0.1, 0.15) is 0 Å². The van der Waals surface area contributed by atoms with E-state index in [1.165, 1.54) is 22.5 Å². The summed E-state index contributed by atoms with van der Waals surface area (Å²) in [5.41, 5.74) is 4.89. The van der Waals surface area contributed by atoms with Crippen molar-refractivity contribution in [1.82, 2.24) is 0 Å². The predicted molar refractivity (Wildman–Crippen MR) is 112 cm³/mol. The monoisotopic (exact) mass is 360 g/mol. The van der Waals surface area contributed by atoms with Crippen LogP contribution in [-0.2, 0) is 6.42 Å². The van der Waals surface area contributed by atoms with Crippen LogP contribution in [0.5, 0.6) is 0 Å². The highest BCUT2D eigenvalue weighted by Crippen LogP contribution is 2.20. The Kier molecular flexibility index (Phi) is 8.20. The van der Waals surface area contributed by atoms with Gasteiger partial charge in [-0.25, -0.2) is 0 Å². The average Bonchev–Trinajstić information content (AvgIpc) is 2.71. The molecule has 0 bridgehead atoms. The van der Waals surface area contributed by atoms with Crippen LogP contribution in [0.4, 0.5) is 11.4 Å². The summed E-state index contributed by atoms with van der Waals surface area (Å²) in [6.45, 7) is 7.58. The van der Waals surface area contributed by atoms with E-state index in [9.17, 15) is 0 Å². The van der Waals surface area contributed by atoms with Crippen molar-refractivity contribution in [1.29, 1.82) is 10.5 Å². The minimum Gasteiger partial charge on any atom is -0.371 e. The minimum absolute atomic E-state index is 0.547. The molecule has 0 N–H and O–H groups in total. The molecule has 0 fully saturated rings. The fourth-order valence-electron chi connectivity index (χ4n) is 3.19. The van der Waals surface area contributed by atoms with Crippen molar-refractivity contribution in [2.45, 2.75) is 33.1 Å². The second kappa shape index (κ2) is 10.9. The zero-order valence-corrected chi connectivity index (χ0v) is 16.4. The molecule has 0 aromatic heterocycles. The first kappa shape index (κ1) is 20.3. The summed E-state index contributed by atoms with van der Waals surface area (Å²) in [7, 11) is 0. The number of anilines is 2. The van der Waals surface area contributed by atoms with Gasteiger partial charge in [-0.15, -0.1) is 0 Å². The number of nitriles is 2. The molecule has 2 aromatic rings. The quantitative estimate of drug-likeness (QED) is 0.613. The van der Waals surface area contributed by atoms with Gasteiger partial charge in [0.15, 0.2) is 0 Å². The van der Waals surface area contributed by atoms with Gasteiger partial charge < -0.3 is 9.80 Å². The molecule has 4 nitrogen and oxygen atoms in total. The zero-order chi connectivity index (χ0) is 19.5. The Bertz CT molecular complexity index is 699. The molecule has 0 saturated carbocycles. The lowest BCUT2D eigenvalue weighted by Crippen LogP contribution is -2.23. The Morgan fingerprint density at radius 1 is 0.667 bits per heavy atom. The molecule has 0 amide bonds. The van der Waals surface area contributed by atoms with Crippen LogP contribution in [0.1, 0.15) is 37.8 Å². The highest BCUT2D eigenvalue weighted by Gasteiger charge is 2.06. The second-order valence-electron chi connectivity index (χ2n) is 6.49. The number of benzene rings is 2. The Balaban J connectivity index is 2.00. The molecule has 0 heterocycles. The zero-order valence-electron chi connectivity index (χ0n) is 16.4. The molecule has 0 aliphatic carbocycles. The largest absolute Gasteiger partial charge is 0.371 e. The van der Waals surface area contributed by atoms with Crippen LogP contribution >= 0.6 is 0 Å². The van der Waals surface area contributed by atoms with Crippen LogP contribution in [-0.4, -0.2) is 26.2 Å². The summed E-state index contributed by atoms with van der Waals surface area (Å²) in [6.07, 6.45) is 1.99. The summed E-state index contributed by atoms with van der Waals surface area (Å²) in [5, 5.41) is 17.6. The molecule has 2 aromatic carbocycles. The van der Waals surface area contributed by atoms with Crippen LogP contribution in [0.25, 0.3) is 0 Å². The lowest BCUT2D eigenvalue weighted by atomic mass is 10.0. The maximum Gasteiger partial charge on any atom is 0.0640 e. The molecule has 0 aliphatic rings. The highest BCUT2D eigenvalue weighted by molar-refractivity contribution is 5.50. The SMILES string of the molecule is CCN(CCC#N)c1ccc(Cc2ccc(N(CC)CCC#N)cc2)cc1. The van der Waals surface area contributed by atoms with Crippen LogP contribution in [0.15, 0.2) is 48.5 Å². The van der Waals surface area contributed by atoms with Crippen LogP contribution in [0.2, 0.25) is 0 Å². The van der Waals surface area contributed by atoms with Crippen molar-refractivity contribution in [3.63, 3.8) is 0 Å². The molecule has 140 valence electrons. The summed E-state index contributed by atoms with van der Waals surface area (Å²) in [5.74, 6) is 0. The molecular formula is C23H28N4. The predicted octanol–water partition coefficient (Wildman–Crippen LogP) is 4.76. The van der Waals surface area contributed by atoms with E-state index in [2.05, 4.69) is 84.3 Å². The summed E-state index contributed by atoms with van der Waals surface area (Å²) >= 11 is 0. The van der Waals surface area contributed by atoms with Crippen molar-refractivity contribution in [3.05, 3.63) is 59.7 Å². The second-order valence-corrected chi connectivity index (χ2v) is 6.49. The van der Waals surface area contributed by atoms with E-state index in [0.29, 0.717) is 12.8 Å². The minimum atomic E-state index is 0.547. The first-order chi connectivity index (χ1) is 13.2. The topological polar surface area (TPSA) is 54.1 Å². The molecule has 0 radical (unpaired) electrons. The van der Waals surface area contributed by atoms with E-state index in [4.69, 9.17) is 10.5 Å². The van der Waals surface area contributed by atoms with Crippen molar-refractivity contribution in [2.75, 3.05) is 36.0 Å². The van der Waals surface area contributed by atoms with Gasteiger partial charge in [-0.2, -0.15) is 10.5 Å². The highest BCUT2D eigenvalue weighted by atomic mass is 15.1. The summed E-state index contributed by atoms with van der Waals surface area (Å²) in [6, 6.07) is 21.7. The Labute approximate surface area is 163 Å². The molecule has 0 spiro atoms. The van der Waals surface area contributed by atoms with Crippen LogP contribution in [0, 0.1) is 22.7 Å². The molecule has 4 heteroatoms. The smallest absolute Gasteiger partial charge is 0.0640 e. The van der Waals surface area contributed by atoms with E-state index >= 15 is 0 Å². The maximum absolute atomic E-state index is 8.78. The first-order valence-corrected chi connectivity index (χ1v) is 9.63. The van der Waals surface area contributed by atoms with Gasteiger partial charge >= 0.3 is 0 Å². The van der Waals surface area contributed by atoms with Crippen molar-refractivity contribution < 1.29 is 0 Å². The summed E-state index contributed by atoms with van der Waals surface area (Å²) in [4.78, 5) is 4.45. The van der Waals surface area contributed by atoms with E-state index < -0.39 is 0 Å². The van der Waals surface area contributed by atoms with Crippen LogP contribution in [0.3, 0.4) is 0 Å². The van der Waals surface area contributed by atoms with E-state index in [1.807, 2.05) is 0 Å². The first-order valence-electron chi connectivity index (χ1n) is 9.63. The van der Waals surface area contributed by atoms with Gasteiger partial charge in [0.25, 0.3) is 0 Å². The number of hydrogen-bond donors (Lipinski definition) is 0. The number of hydrogen-bond acceptors (Lipinski definition) is 4. The van der Waals surface area contributed by atoms with Crippen molar-refractivity contribution in [3.8, 4) is 12.1 Å². The van der Waals surface area contributed by atoms with E-state index in [-0.39, 0.29) is 0 Å². The Hall–Kier alpha value is -2.98. The normalized spacial score (nSPS) is 10.1. The van der Waals surface area contributed by atoms with Crippen molar-refractivity contribution in [2.24, 2.45) is 0 Å². The van der Waals surface area contributed by atoms with Gasteiger partial charge in [0.05, 0.1) is 25.0 Å². The third-order valence-electron chi connectivity index (χ3n) is 4.76. The molecule has 0 aliphatic heterocycles. The number of nitrogens with zero attached hydrogens (tertiary/aromatic N) is 4. The fourth-order valence-corrected chi connectivity index (χ4v) is 3.19. The number of rotatable bonds is 10. The van der Waals surface area contributed by atoms with E-state index in [0.717, 1.165) is 32.6 Å². The molecule has 0 unspecified atom stereocenters. The maximum atomic E-state index is 8.78. The van der Waals surface area contributed by atoms with E-state index in [1.54, 1.807) is 0 Å². The molecule has 27 heavy (non-hydrogen) atoms. The average molecular weight is 361 g/mol. The lowest BCUT2D eigenvalue weighted by molar-refractivity contribution is 0.826. The van der Waals surface area contributed by atoms with Crippen LogP contribution < -0.4 is 9.80 Å². The molecule has 0 atom stereocenters. The fraction of sp³-hybridized carbons (Fsp3) is 0.391.